The number of ether oxygens (including phenoxy) is 1. The predicted molar refractivity (Wildman–Crippen MR) is 81.8 cm³/mol. The summed E-state index contributed by atoms with van der Waals surface area (Å²) in [7, 11) is 0. The molecule has 2 fully saturated rings. The van der Waals surface area contributed by atoms with Crippen LogP contribution in [0.4, 0.5) is 0 Å². The summed E-state index contributed by atoms with van der Waals surface area (Å²) in [6, 6.07) is 9.90. The Hall–Kier alpha value is -0.900. The summed E-state index contributed by atoms with van der Waals surface area (Å²) in [6.45, 7) is 6.89. The van der Waals surface area contributed by atoms with E-state index in [2.05, 4.69) is 43.0 Å². The van der Waals surface area contributed by atoms with Crippen molar-refractivity contribution >= 4 is 0 Å². The molecular formula is C17H26N2O. The molecule has 1 saturated heterocycles. The highest BCUT2D eigenvalue weighted by atomic mass is 16.5. The maximum atomic E-state index is 5.95. The molecule has 110 valence electrons. The average molecular weight is 274 g/mol. The molecule has 3 rings (SSSR count). The molecule has 2 N–H and O–H groups in total. The van der Waals surface area contributed by atoms with Gasteiger partial charge in [-0.1, -0.05) is 24.3 Å². The lowest BCUT2D eigenvalue weighted by Crippen LogP contribution is -2.50. The number of benzene rings is 1. The molecule has 2 aliphatic rings. The molecule has 20 heavy (non-hydrogen) atoms. The highest BCUT2D eigenvalue weighted by Crippen LogP contribution is 2.41. The van der Waals surface area contributed by atoms with Crippen molar-refractivity contribution in [2.45, 2.75) is 50.8 Å². The van der Waals surface area contributed by atoms with Gasteiger partial charge in [0.15, 0.2) is 0 Å². The van der Waals surface area contributed by atoms with Gasteiger partial charge < -0.3 is 10.5 Å². The van der Waals surface area contributed by atoms with Crippen LogP contribution in [0.5, 0.6) is 0 Å². The third-order valence-electron chi connectivity index (χ3n) is 4.59. The number of morpholine rings is 1. The van der Waals surface area contributed by atoms with Crippen molar-refractivity contribution in [3.63, 3.8) is 0 Å². The van der Waals surface area contributed by atoms with Crippen LogP contribution < -0.4 is 5.73 Å². The van der Waals surface area contributed by atoms with E-state index in [1.54, 1.807) is 0 Å². The smallest absolute Gasteiger partial charge is 0.0894 e. The van der Waals surface area contributed by atoms with Crippen molar-refractivity contribution in [2.24, 2.45) is 5.73 Å². The van der Waals surface area contributed by atoms with Crippen molar-refractivity contribution in [2.75, 3.05) is 19.7 Å². The number of rotatable bonds is 4. The van der Waals surface area contributed by atoms with Gasteiger partial charge in [0.2, 0.25) is 0 Å². The fourth-order valence-corrected chi connectivity index (χ4v) is 3.35. The lowest BCUT2D eigenvalue weighted by atomic mass is 9.94. The Morgan fingerprint density at radius 3 is 2.70 bits per heavy atom. The quantitative estimate of drug-likeness (QED) is 0.917. The van der Waals surface area contributed by atoms with Gasteiger partial charge in [-0.3, -0.25) is 4.90 Å². The van der Waals surface area contributed by atoms with Crippen LogP contribution in [0.3, 0.4) is 0 Å². The summed E-state index contributed by atoms with van der Waals surface area (Å²) in [5, 5.41) is 0. The second-order valence-electron chi connectivity index (χ2n) is 6.37. The monoisotopic (exact) mass is 274 g/mol. The zero-order valence-electron chi connectivity index (χ0n) is 12.6. The molecule has 0 aromatic heterocycles. The third kappa shape index (κ3) is 2.76. The molecule has 1 aromatic carbocycles. The van der Waals surface area contributed by atoms with E-state index in [1.165, 1.54) is 24.0 Å². The van der Waals surface area contributed by atoms with Gasteiger partial charge in [-0.15, -0.1) is 0 Å². The van der Waals surface area contributed by atoms with Gasteiger partial charge in [0.25, 0.3) is 0 Å². The molecule has 1 heterocycles. The van der Waals surface area contributed by atoms with Crippen LogP contribution in [-0.2, 0) is 4.74 Å². The minimum atomic E-state index is 0.112. The van der Waals surface area contributed by atoms with Crippen LogP contribution in [-0.4, -0.2) is 36.7 Å². The molecule has 2 atom stereocenters. The molecule has 1 aromatic rings. The van der Waals surface area contributed by atoms with E-state index < -0.39 is 0 Å². The first-order chi connectivity index (χ1) is 9.70. The Kier molecular flexibility index (Phi) is 4.11. The lowest BCUT2D eigenvalue weighted by molar-refractivity contribution is -0.0789. The first-order valence-corrected chi connectivity index (χ1v) is 7.88. The second-order valence-corrected chi connectivity index (χ2v) is 6.37. The zero-order chi connectivity index (χ0) is 14.1. The molecule has 1 saturated carbocycles. The van der Waals surface area contributed by atoms with E-state index in [-0.39, 0.29) is 6.10 Å². The molecule has 0 radical (unpaired) electrons. The Bertz CT molecular complexity index is 456. The van der Waals surface area contributed by atoms with Gasteiger partial charge in [0.1, 0.15) is 0 Å². The SMILES string of the molecule is CC(C)N1CCOC(CN)C1c1cccc(C2CC2)c1. The van der Waals surface area contributed by atoms with Crippen LogP contribution in [0.1, 0.15) is 49.8 Å². The van der Waals surface area contributed by atoms with E-state index in [1.807, 2.05) is 0 Å². The maximum absolute atomic E-state index is 5.95. The van der Waals surface area contributed by atoms with E-state index in [0.29, 0.717) is 18.6 Å². The van der Waals surface area contributed by atoms with Gasteiger partial charge in [-0.2, -0.15) is 0 Å². The Morgan fingerprint density at radius 2 is 2.05 bits per heavy atom. The Labute approximate surface area is 122 Å². The minimum absolute atomic E-state index is 0.112. The van der Waals surface area contributed by atoms with Crippen LogP contribution in [0, 0.1) is 0 Å². The summed E-state index contributed by atoms with van der Waals surface area (Å²) in [4.78, 5) is 2.53. The van der Waals surface area contributed by atoms with Crippen molar-refractivity contribution < 1.29 is 4.74 Å². The van der Waals surface area contributed by atoms with Crippen LogP contribution >= 0.6 is 0 Å². The third-order valence-corrected chi connectivity index (χ3v) is 4.59. The summed E-state index contributed by atoms with van der Waals surface area (Å²) in [5.74, 6) is 0.795. The van der Waals surface area contributed by atoms with Gasteiger partial charge in [-0.05, 0) is 43.7 Å². The molecule has 3 nitrogen and oxygen atoms in total. The molecule has 1 aliphatic carbocycles. The summed E-state index contributed by atoms with van der Waals surface area (Å²) >= 11 is 0. The highest BCUT2D eigenvalue weighted by Gasteiger charge is 2.34. The Balaban J connectivity index is 1.91. The van der Waals surface area contributed by atoms with Crippen LogP contribution in [0.15, 0.2) is 24.3 Å². The van der Waals surface area contributed by atoms with Gasteiger partial charge in [-0.25, -0.2) is 0 Å². The van der Waals surface area contributed by atoms with Gasteiger partial charge in [0, 0.05) is 19.1 Å². The fourth-order valence-electron chi connectivity index (χ4n) is 3.35. The molecule has 0 amide bonds. The van der Waals surface area contributed by atoms with Gasteiger partial charge in [0.05, 0.1) is 18.8 Å². The minimum Gasteiger partial charge on any atom is -0.374 e. The van der Waals surface area contributed by atoms with Crippen molar-refractivity contribution in [3.05, 3.63) is 35.4 Å². The molecular weight excluding hydrogens is 248 g/mol. The van der Waals surface area contributed by atoms with Crippen molar-refractivity contribution in [1.29, 1.82) is 0 Å². The topological polar surface area (TPSA) is 38.5 Å². The number of nitrogens with two attached hydrogens (primary N) is 1. The molecule has 0 bridgehead atoms. The first kappa shape index (κ1) is 14.1. The molecule has 0 spiro atoms. The molecule has 2 unspecified atom stereocenters. The summed E-state index contributed by atoms with van der Waals surface area (Å²) < 4.78 is 5.92. The van der Waals surface area contributed by atoms with Crippen molar-refractivity contribution in [1.82, 2.24) is 4.90 Å². The summed E-state index contributed by atoms with van der Waals surface area (Å²) in [6.07, 6.45) is 2.80. The maximum Gasteiger partial charge on any atom is 0.0894 e. The summed E-state index contributed by atoms with van der Waals surface area (Å²) in [5.41, 5.74) is 8.82. The van der Waals surface area contributed by atoms with E-state index in [4.69, 9.17) is 10.5 Å². The van der Waals surface area contributed by atoms with E-state index in [9.17, 15) is 0 Å². The van der Waals surface area contributed by atoms with Crippen LogP contribution in [0.2, 0.25) is 0 Å². The van der Waals surface area contributed by atoms with E-state index >= 15 is 0 Å². The zero-order valence-corrected chi connectivity index (χ0v) is 12.6. The lowest BCUT2D eigenvalue weighted by Gasteiger charge is -2.43. The first-order valence-electron chi connectivity index (χ1n) is 7.88. The van der Waals surface area contributed by atoms with Crippen LogP contribution in [0.25, 0.3) is 0 Å². The average Bonchev–Trinajstić information content (AvgIpc) is 3.31. The number of hydrogen-bond donors (Lipinski definition) is 1. The second kappa shape index (κ2) is 5.84. The van der Waals surface area contributed by atoms with Gasteiger partial charge >= 0.3 is 0 Å². The standard InChI is InChI=1S/C17H26N2O/c1-12(2)19-8-9-20-16(11-18)17(19)15-5-3-4-14(10-15)13-6-7-13/h3-5,10,12-13,16-17H,6-9,11,18H2,1-2H3. The largest absolute Gasteiger partial charge is 0.374 e. The molecule has 1 aliphatic heterocycles. The normalized spacial score (nSPS) is 28.0. The number of nitrogens with zero attached hydrogens (tertiary/aromatic N) is 1. The highest BCUT2D eigenvalue weighted by molar-refractivity contribution is 5.32. The fraction of sp³-hybridized carbons (Fsp3) is 0.647. The Morgan fingerprint density at radius 1 is 1.30 bits per heavy atom. The molecule has 3 heteroatoms. The van der Waals surface area contributed by atoms with E-state index in [0.717, 1.165) is 19.1 Å². The van der Waals surface area contributed by atoms with Crippen molar-refractivity contribution in [3.8, 4) is 0 Å². The number of hydrogen-bond acceptors (Lipinski definition) is 3. The predicted octanol–water partition coefficient (Wildman–Crippen LogP) is 2.67.